The Labute approximate surface area is 146 Å². The molecule has 0 spiro atoms. The number of alkyl halides is 3. The number of carbonyl (C=O) groups is 4. The molecule has 142 valence electrons. The predicted octanol–water partition coefficient (Wildman–Crippen LogP) is 3.19. The molecule has 0 saturated carbocycles. The van der Waals surface area contributed by atoms with Crippen molar-refractivity contribution in [2.45, 2.75) is 38.8 Å². The van der Waals surface area contributed by atoms with E-state index in [0.29, 0.717) is 6.07 Å². The predicted molar refractivity (Wildman–Crippen MR) is 82.6 cm³/mol. The highest BCUT2D eigenvalue weighted by atomic mass is 19.4. The third kappa shape index (κ3) is 4.68. The van der Waals surface area contributed by atoms with Crippen LogP contribution in [0.15, 0.2) is 24.3 Å². The summed E-state index contributed by atoms with van der Waals surface area (Å²) in [6.07, 6.45) is -5.57. The fourth-order valence-corrected chi connectivity index (χ4v) is 2.55. The summed E-state index contributed by atoms with van der Waals surface area (Å²) in [5, 5.41) is 18.1. The second-order valence-electron chi connectivity index (χ2n) is 5.78. The number of hydrogen-bond acceptors (Lipinski definition) is 4. The number of aliphatic carboxylic acids is 2. The van der Waals surface area contributed by atoms with Crippen LogP contribution in [0.25, 0.3) is 0 Å². The first-order chi connectivity index (χ1) is 11.9. The van der Waals surface area contributed by atoms with Crippen LogP contribution in [-0.4, -0.2) is 33.7 Å². The van der Waals surface area contributed by atoms with Crippen LogP contribution in [0, 0.1) is 5.41 Å². The van der Waals surface area contributed by atoms with Gasteiger partial charge in [0.15, 0.2) is 17.0 Å². The quantitative estimate of drug-likeness (QED) is 0.390. The van der Waals surface area contributed by atoms with Crippen molar-refractivity contribution in [2.75, 3.05) is 0 Å². The molecule has 0 aromatic heterocycles. The highest BCUT2D eigenvalue weighted by molar-refractivity contribution is 6.26. The molecule has 0 saturated heterocycles. The number of Topliss-reactive ketones (excluding diaryl/α,β-unsaturated/α-hetero) is 2. The summed E-state index contributed by atoms with van der Waals surface area (Å²) in [6.45, 7) is 0.872. The largest absolute Gasteiger partial charge is 0.481 e. The maximum absolute atomic E-state index is 12.8. The number of hydrogen-bond donors (Lipinski definition) is 2. The Balaban J connectivity index is 3.26. The highest BCUT2D eigenvalue weighted by Gasteiger charge is 2.50. The minimum Gasteiger partial charge on any atom is -0.481 e. The Morgan fingerprint density at radius 2 is 1.65 bits per heavy atom. The molecular formula is C17H17F3O6. The molecule has 6 nitrogen and oxygen atoms in total. The van der Waals surface area contributed by atoms with Crippen LogP contribution in [0.3, 0.4) is 0 Å². The number of halogens is 3. The van der Waals surface area contributed by atoms with Gasteiger partial charge in [0.1, 0.15) is 0 Å². The summed E-state index contributed by atoms with van der Waals surface area (Å²) in [6, 6.07) is 3.18. The Kier molecular flexibility index (Phi) is 6.66. The van der Waals surface area contributed by atoms with Crippen LogP contribution in [0.4, 0.5) is 13.2 Å². The van der Waals surface area contributed by atoms with Gasteiger partial charge in [-0.15, -0.1) is 0 Å². The lowest BCUT2D eigenvalue weighted by atomic mass is 9.73. The standard InChI is InChI=1S/C17H17F3O6/c1-10(21)16(15(25)26,8-3-2-7-13(22)23)14(24)11-5-4-6-12(9-11)17(18,19)20/h4-6,9H,2-3,7-8H2,1H3,(H,22,23)(H,25,26). The lowest BCUT2D eigenvalue weighted by Crippen LogP contribution is -2.45. The lowest BCUT2D eigenvalue weighted by Gasteiger charge is -2.25. The Morgan fingerprint density at radius 3 is 2.12 bits per heavy atom. The topological polar surface area (TPSA) is 109 Å². The first-order valence-corrected chi connectivity index (χ1v) is 7.61. The first-order valence-electron chi connectivity index (χ1n) is 7.61. The number of unbranched alkanes of at least 4 members (excludes halogenated alkanes) is 1. The van der Waals surface area contributed by atoms with E-state index in [2.05, 4.69) is 0 Å². The number of carboxylic acids is 2. The highest BCUT2D eigenvalue weighted by Crippen LogP contribution is 2.34. The van der Waals surface area contributed by atoms with Crippen molar-refractivity contribution in [3.8, 4) is 0 Å². The van der Waals surface area contributed by atoms with Crippen molar-refractivity contribution in [1.29, 1.82) is 0 Å². The number of carboxylic acid groups (broad SMARTS) is 2. The summed E-state index contributed by atoms with van der Waals surface area (Å²) >= 11 is 0. The third-order valence-corrected chi connectivity index (χ3v) is 4.00. The first kappa shape index (κ1) is 21.3. The molecule has 1 aromatic carbocycles. The van der Waals surface area contributed by atoms with Crippen molar-refractivity contribution in [3.63, 3.8) is 0 Å². The molecule has 0 fully saturated rings. The van der Waals surface area contributed by atoms with Crippen LogP contribution >= 0.6 is 0 Å². The van der Waals surface area contributed by atoms with E-state index in [1.807, 2.05) is 0 Å². The second-order valence-corrected chi connectivity index (χ2v) is 5.78. The molecule has 1 aromatic rings. The van der Waals surface area contributed by atoms with Gasteiger partial charge in [0.25, 0.3) is 0 Å². The van der Waals surface area contributed by atoms with Crippen molar-refractivity contribution >= 4 is 23.5 Å². The average molecular weight is 374 g/mol. The lowest BCUT2D eigenvalue weighted by molar-refractivity contribution is -0.151. The van der Waals surface area contributed by atoms with Crippen molar-refractivity contribution in [2.24, 2.45) is 5.41 Å². The van der Waals surface area contributed by atoms with Gasteiger partial charge in [0, 0.05) is 12.0 Å². The van der Waals surface area contributed by atoms with Gasteiger partial charge in [-0.25, -0.2) is 0 Å². The molecule has 2 N–H and O–H groups in total. The zero-order valence-electron chi connectivity index (χ0n) is 13.8. The van der Waals surface area contributed by atoms with Gasteiger partial charge in [-0.2, -0.15) is 13.2 Å². The van der Waals surface area contributed by atoms with E-state index in [9.17, 15) is 37.5 Å². The molecule has 9 heteroatoms. The Morgan fingerprint density at radius 1 is 1.04 bits per heavy atom. The number of benzene rings is 1. The van der Waals surface area contributed by atoms with Gasteiger partial charge >= 0.3 is 18.1 Å². The molecule has 1 atom stereocenters. The van der Waals surface area contributed by atoms with Crippen LogP contribution in [0.2, 0.25) is 0 Å². The van der Waals surface area contributed by atoms with Gasteiger partial charge in [-0.3, -0.25) is 19.2 Å². The average Bonchev–Trinajstić information content (AvgIpc) is 2.53. The maximum Gasteiger partial charge on any atom is 0.416 e. The molecule has 0 radical (unpaired) electrons. The molecule has 0 aliphatic carbocycles. The van der Waals surface area contributed by atoms with Crippen LogP contribution in [0.5, 0.6) is 0 Å². The van der Waals surface area contributed by atoms with Gasteiger partial charge in [-0.05, 0) is 31.9 Å². The monoisotopic (exact) mass is 374 g/mol. The maximum atomic E-state index is 12.8. The fraction of sp³-hybridized carbons (Fsp3) is 0.412. The van der Waals surface area contributed by atoms with Gasteiger partial charge < -0.3 is 10.2 Å². The van der Waals surface area contributed by atoms with E-state index >= 15 is 0 Å². The van der Waals surface area contributed by atoms with Crippen LogP contribution in [-0.2, 0) is 20.6 Å². The smallest absolute Gasteiger partial charge is 0.416 e. The number of ketones is 2. The summed E-state index contributed by atoms with van der Waals surface area (Å²) in [5.41, 5.74) is -4.24. The second kappa shape index (κ2) is 8.11. The summed E-state index contributed by atoms with van der Waals surface area (Å²) in [4.78, 5) is 46.9. The molecule has 1 rings (SSSR count). The van der Waals surface area contributed by atoms with E-state index in [-0.39, 0.29) is 19.3 Å². The Bertz CT molecular complexity index is 709. The summed E-state index contributed by atoms with van der Waals surface area (Å²) in [5.74, 6) is -5.18. The number of rotatable bonds is 9. The minimum absolute atomic E-state index is 0.0213. The normalized spacial score (nSPS) is 13.7. The van der Waals surface area contributed by atoms with E-state index in [1.165, 1.54) is 0 Å². The minimum atomic E-state index is -4.74. The number of carbonyl (C=O) groups excluding carboxylic acids is 2. The van der Waals surface area contributed by atoms with E-state index in [1.54, 1.807) is 0 Å². The van der Waals surface area contributed by atoms with E-state index in [4.69, 9.17) is 5.11 Å². The summed E-state index contributed by atoms with van der Waals surface area (Å²) in [7, 11) is 0. The van der Waals surface area contributed by atoms with E-state index < -0.39 is 52.6 Å². The molecule has 1 unspecified atom stereocenters. The Hall–Kier alpha value is -2.71. The van der Waals surface area contributed by atoms with Crippen LogP contribution in [0.1, 0.15) is 48.5 Å². The molecule has 0 heterocycles. The molecule has 0 aliphatic heterocycles. The van der Waals surface area contributed by atoms with Crippen molar-refractivity contribution < 1.29 is 42.6 Å². The van der Waals surface area contributed by atoms with Crippen LogP contribution < -0.4 is 0 Å². The molecule has 0 amide bonds. The van der Waals surface area contributed by atoms with Crippen molar-refractivity contribution in [1.82, 2.24) is 0 Å². The third-order valence-electron chi connectivity index (χ3n) is 4.00. The zero-order chi connectivity index (χ0) is 20.1. The van der Waals surface area contributed by atoms with Crippen molar-refractivity contribution in [3.05, 3.63) is 35.4 Å². The van der Waals surface area contributed by atoms with Gasteiger partial charge in [0.05, 0.1) is 5.56 Å². The molecule has 0 aliphatic rings. The molecular weight excluding hydrogens is 357 g/mol. The molecule has 26 heavy (non-hydrogen) atoms. The van der Waals surface area contributed by atoms with Gasteiger partial charge in [0.2, 0.25) is 0 Å². The zero-order valence-corrected chi connectivity index (χ0v) is 13.8. The van der Waals surface area contributed by atoms with E-state index in [0.717, 1.165) is 25.1 Å². The SMILES string of the molecule is CC(=O)C(CCCCC(=O)O)(C(=O)O)C(=O)c1cccc(C(F)(F)F)c1. The summed E-state index contributed by atoms with van der Waals surface area (Å²) < 4.78 is 38.5. The molecule has 0 bridgehead atoms. The van der Waals surface area contributed by atoms with Gasteiger partial charge in [-0.1, -0.05) is 18.6 Å². The fourth-order valence-electron chi connectivity index (χ4n) is 2.55.